The van der Waals surface area contributed by atoms with Gasteiger partial charge in [-0.05, 0) is 18.2 Å². The van der Waals surface area contributed by atoms with E-state index in [1.165, 1.54) is 5.56 Å². The maximum Gasteiger partial charge on any atom is 0.0949 e. The number of nitrogens with one attached hydrogen (secondary N) is 1. The van der Waals surface area contributed by atoms with Crippen LogP contribution in [0.1, 0.15) is 12.5 Å². The molecule has 0 amide bonds. The van der Waals surface area contributed by atoms with Crippen molar-refractivity contribution < 1.29 is 10.2 Å². The number of nitrogens with zero attached hydrogens (tertiary/aromatic N) is 1. The van der Waals surface area contributed by atoms with Gasteiger partial charge in [0.15, 0.2) is 0 Å². The molecule has 4 nitrogen and oxygen atoms in total. The van der Waals surface area contributed by atoms with Crippen molar-refractivity contribution in [1.29, 1.82) is 0 Å². The summed E-state index contributed by atoms with van der Waals surface area (Å²) in [7, 11) is 0. The average molecular weight is 198 g/mol. The summed E-state index contributed by atoms with van der Waals surface area (Å²) in [5.41, 5.74) is 1.19. The predicted molar refractivity (Wildman–Crippen MR) is 54.9 cm³/mol. The van der Waals surface area contributed by atoms with E-state index in [2.05, 4.69) is 12.2 Å². The first-order valence-electron chi connectivity index (χ1n) is 4.90. The summed E-state index contributed by atoms with van der Waals surface area (Å²) in [5, 5.41) is 21.1. The number of aliphatic hydroxyl groups excluding tert-OH is 2. The lowest BCUT2D eigenvalue weighted by atomic mass is 10.3. The van der Waals surface area contributed by atoms with Gasteiger partial charge in [-0.25, -0.2) is 0 Å². The minimum Gasteiger partial charge on any atom is -0.394 e. The number of aromatic nitrogens is 1. The van der Waals surface area contributed by atoms with Crippen LogP contribution in [0.15, 0.2) is 18.5 Å². The van der Waals surface area contributed by atoms with Gasteiger partial charge in [-0.2, -0.15) is 0 Å². The van der Waals surface area contributed by atoms with Crippen LogP contribution in [0.3, 0.4) is 0 Å². The first-order valence-corrected chi connectivity index (χ1v) is 4.90. The second-order valence-electron chi connectivity index (χ2n) is 3.33. The van der Waals surface area contributed by atoms with E-state index in [0.717, 1.165) is 13.1 Å². The van der Waals surface area contributed by atoms with Gasteiger partial charge in [0.1, 0.15) is 0 Å². The molecule has 1 aromatic rings. The lowest BCUT2D eigenvalue weighted by Gasteiger charge is -2.07. The van der Waals surface area contributed by atoms with Crippen LogP contribution in [0.2, 0.25) is 0 Å². The van der Waals surface area contributed by atoms with E-state index in [0.29, 0.717) is 6.54 Å². The molecule has 4 heteroatoms. The van der Waals surface area contributed by atoms with Crippen molar-refractivity contribution in [2.75, 3.05) is 13.2 Å². The molecule has 0 aromatic carbocycles. The van der Waals surface area contributed by atoms with Gasteiger partial charge in [0.2, 0.25) is 0 Å². The van der Waals surface area contributed by atoms with Gasteiger partial charge in [0.25, 0.3) is 0 Å². The monoisotopic (exact) mass is 198 g/mol. The molecular formula is C10H18N2O2. The Bertz CT molecular complexity index is 260. The van der Waals surface area contributed by atoms with E-state index >= 15 is 0 Å². The van der Waals surface area contributed by atoms with E-state index in [1.807, 2.05) is 23.0 Å². The second kappa shape index (κ2) is 5.80. The van der Waals surface area contributed by atoms with Crippen LogP contribution in [-0.2, 0) is 13.1 Å². The molecule has 0 aliphatic heterocycles. The fourth-order valence-electron chi connectivity index (χ4n) is 1.28. The van der Waals surface area contributed by atoms with Crippen molar-refractivity contribution in [2.24, 2.45) is 0 Å². The zero-order valence-electron chi connectivity index (χ0n) is 8.48. The molecule has 0 saturated heterocycles. The Morgan fingerprint density at radius 3 is 3.00 bits per heavy atom. The molecule has 1 atom stereocenters. The van der Waals surface area contributed by atoms with Gasteiger partial charge in [-0.1, -0.05) is 6.92 Å². The molecule has 80 valence electrons. The van der Waals surface area contributed by atoms with Gasteiger partial charge in [0, 0.05) is 18.9 Å². The zero-order chi connectivity index (χ0) is 10.4. The van der Waals surface area contributed by atoms with E-state index < -0.39 is 6.10 Å². The molecule has 0 aliphatic rings. The summed E-state index contributed by atoms with van der Waals surface area (Å²) in [6.07, 6.45) is 3.21. The first-order chi connectivity index (χ1) is 6.76. The maximum atomic E-state index is 9.21. The number of hydrogen-bond donors (Lipinski definition) is 3. The molecule has 14 heavy (non-hydrogen) atoms. The Kier molecular flexibility index (Phi) is 4.65. The smallest absolute Gasteiger partial charge is 0.0949 e. The molecule has 1 rings (SSSR count). The van der Waals surface area contributed by atoms with Crippen LogP contribution >= 0.6 is 0 Å². The number of hydrogen-bond acceptors (Lipinski definition) is 3. The van der Waals surface area contributed by atoms with Crippen molar-refractivity contribution in [3.8, 4) is 0 Å². The number of aliphatic hydroxyl groups is 2. The third-order valence-corrected chi connectivity index (χ3v) is 2.02. The average Bonchev–Trinajstić information content (AvgIpc) is 2.62. The summed E-state index contributed by atoms with van der Waals surface area (Å²) in [6, 6.07) is 2.01. The first kappa shape index (κ1) is 11.2. The summed E-state index contributed by atoms with van der Waals surface area (Å²) >= 11 is 0. The Hall–Kier alpha value is -0.840. The van der Waals surface area contributed by atoms with Crippen molar-refractivity contribution in [1.82, 2.24) is 9.88 Å². The van der Waals surface area contributed by atoms with Gasteiger partial charge in [0.05, 0.1) is 19.3 Å². The Labute approximate surface area is 84.2 Å². The molecule has 0 aliphatic carbocycles. The van der Waals surface area contributed by atoms with Crippen molar-refractivity contribution in [3.63, 3.8) is 0 Å². The van der Waals surface area contributed by atoms with Gasteiger partial charge in [-0.15, -0.1) is 0 Å². The molecule has 1 heterocycles. The predicted octanol–water partition coefficient (Wildman–Crippen LogP) is -0.0492. The summed E-state index contributed by atoms with van der Waals surface area (Å²) < 4.78 is 1.88. The number of rotatable bonds is 6. The Morgan fingerprint density at radius 1 is 1.57 bits per heavy atom. The van der Waals surface area contributed by atoms with E-state index in [-0.39, 0.29) is 6.61 Å². The largest absolute Gasteiger partial charge is 0.394 e. The fourth-order valence-corrected chi connectivity index (χ4v) is 1.28. The van der Waals surface area contributed by atoms with Crippen LogP contribution < -0.4 is 5.32 Å². The quantitative estimate of drug-likeness (QED) is 0.600. The lowest BCUT2D eigenvalue weighted by molar-refractivity contribution is 0.0813. The van der Waals surface area contributed by atoms with E-state index in [4.69, 9.17) is 5.11 Å². The van der Waals surface area contributed by atoms with Gasteiger partial charge in [-0.3, -0.25) is 0 Å². The molecule has 0 saturated carbocycles. The van der Waals surface area contributed by atoms with Crippen LogP contribution in [0.25, 0.3) is 0 Å². The highest BCUT2D eigenvalue weighted by Gasteiger charge is 2.03. The van der Waals surface area contributed by atoms with Crippen LogP contribution in [0, 0.1) is 0 Å². The third-order valence-electron chi connectivity index (χ3n) is 2.02. The van der Waals surface area contributed by atoms with E-state index in [1.54, 1.807) is 0 Å². The maximum absolute atomic E-state index is 9.21. The fraction of sp³-hybridized carbons (Fsp3) is 0.600. The Balaban J connectivity index is 2.42. The third kappa shape index (κ3) is 3.49. The standard InChI is InChI=1S/C10H18N2O2/c1-2-11-5-9-3-4-12(6-9)7-10(14)8-13/h3-4,6,10-11,13-14H,2,5,7-8H2,1H3. The molecule has 0 fully saturated rings. The summed E-state index contributed by atoms with van der Waals surface area (Å²) in [6.45, 7) is 4.11. The van der Waals surface area contributed by atoms with Crippen molar-refractivity contribution >= 4 is 0 Å². The topological polar surface area (TPSA) is 57.4 Å². The Morgan fingerprint density at radius 2 is 2.36 bits per heavy atom. The SMILES string of the molecule is CCNCc1ccn(CC(O)CO)c1. The summed E-state index contributed by atoms with van der Waals surface area (Å²) in [5.74, 6) is 0. The molecule has 3 N–H and O–H groups in total. The van der Waals surface area contributed by atoms with Crippen LogP contribution in [-0.4, -0.2) is 34.0 Å². The van der Waals surface area contributed by atoms with Crippen LogP contribution in [0.5, 0.6) is 0 Å². The molecule has 1 unspecified atom stereocenters. The van der Waals surface area contributed by atoms with Gasteiger partial charge >= 0.3 is 0 Å². The second-order valence-corrected chi connectivity index (χ2v) is 3.33. The van der Waals surface area contributed by atoms with Gasteiger partial charge < -0.3 is 20.1 Å². The normalized spacial score (nSPS) is 13.1. The van der Waals surface area contributed by atoms with Crippen LogP contribution in [0.4, 0.5) is 0 Å². The minimum atomic E-state index is -0.672. The highest BCUT2D eigenvalue weighted by Crippen LogP contribution is 2.02. The molecule has 0 spiro atoms. The lowest BCUT2D eigenvalue weighted by Crippen LogP contribution is -2.18. The van der Waals surface area contributed by atoms with E-state index in [9.17, 15) is 5.11 Å². The molecule has 1 aromatic heterocycles. The molecule has 0 bridgehead atoms. The molecule has 0 radical (unpaired) electrons. The van der Waals surface area contributed by atoms with Crippen molar-refractivity contribution in [3.05, 3.63) is 24.0 Å². The summed E-state index contributed by atoms with van der Waals surface area (Å²) in [4.78, 5) is 0. The molecular weight excluding hydrogens is 180 g/mol. The zero-order valence-corrected chi connectivity index (χ0v) is 8.48. The minimum absolute atomic E-state index is 0.194. The highest BCUT2D eigenvalue weighted by molar-refractivity contribution is 5.09. The highest BCUT2D eigenvalue weighted by atomic mass is 16.3. The van der Waals surface area contributed by atoms with Crippen molar-refractivity contribution in [2.45, 2.75) is 26.1 Å².